The van der Waals surface area contributed by atoms with Crippen molar-refractivity contribution in [2.45, 2.75) is 33.7 Å². The normalized spacial score (nSPS) is 12.8. The Kier molecular flexibility index (Phi) is 3.26. The van der Waals surface area contributed by atoms with E-state index in [1.807, 2.05) is 24.9 Å². The number of aryl methyl sites for hydroxylation is 5. The van der Waals surface area contributed by atoms with E-state index in [4.69, 9.17) is 5.73 Å². The van der Waals surface area contributed by atoms with Crippen LogP contribution in [0, 0.1) is 27.7 Å². The molecule has 1 atom stereocenters. The van der Waals surface area contributed by atoms with E-state index in [-0.39, 0.29) is 6.04 Å². The molecule has 0 saturated carbocycles. The Hall–Kier alpha value is -1.61. The first kappa shape index (κ1) is 12.8. The van der Waals surface area contributed by atoms with Crippen LogP contribution in [-0.4, -0.2) is 9.78 Å². The maximum atomic E-state index is 6.40. The molecule has 0 amide bonds. The van der Waals surface area contributed by atoms with Gasteiger partial charge in [0, 0.05) is 18.8 Å². The molecule has 0 saturated heterocycles. The Morgan fingerprint density at radius 3 is 2.17 bits per heavy atom. The fourth-order valence-electron chi connectivity index (χ4n) is 2.41. The summed E-state index contributed by atoms with van der Waals surface area (Å²) in [5.41, 5.74) is 13.5. The molecule has 2 aromatic rings. The lowest BCUT2D eigenvalue weighted by molar-refractivity contribution is 0.756. The first-order chi connectivity index (χ1) is 8.40. The summed E-state index contributed by atoms with van der Waals surface area (Å²) >= 11 is 0. The highest BCUT2D eigenvalue weighted by atomic mass is 15.2. The molecular weight excluding hydrogens is 222 g/mol. The van der Waals surface area contributed by atoms with Crippen LogP contribution in [0.1, 0.15) is 39.6 Å². The summed E-state index contributed by atoms with van der Waals surface area (Å²) in [6, 6.07) is 4.30. The second kappa shape index (κ2) is 4.58. The van der Waals surface area contributed by atoms with Crippen LogP contribution in [0.4, 0.5) is 0 Å². The fraction of sp³-hybridized carbons (Fsp3) is 0.400. The molecule has 1 heterocycles. The Morgan fingerprint density at radius 2 is 1.61 bits per heavy atom. The molecule has 0 spiro atoms. The largest absolute Gasteiger partial charge is 0.320 e. The minimum absolute atomic E-state index is 0.0991. The summed E-state index contributed by atoms with van der Waals surface area (Å²) < 4.78 is 1.82. The summed E-state index contributed by atoms with van der Waals surface area (Å²) in [4.78, 5) is 0. The zero-order chi connectivity index (χ0) is 13.4. The molecule has 0 radical (unpaired) electrons. The van der Waals surface area contributed by atoms with E-state index >= 15 is 0 Å². The lowest BCUT2D eigenvalue weighted by Gasteiger charge is -2.16. The highest BCUT2D eigenvalue weighted by Gasteiger charge is 2.16. The Balaban J connectivity index is 2.49. The van der Waals surface area contributed by atoms with E-state index < -0.39 is 0 Å². The maximum Gasteiger partial charge on any atom is 0.0644 e. The third-order valence-corrected chi connectivity index (χ3v) is 3.60. The van der Waals surface area contributed by atoms with Crippen LogP contribution >= 0.6 is 0 Å². The molecule has 0 bridgehead atoms. The molecule has 96 valence electrons. The minimum Gasteiger partial charge on any atom is -0.320 e. The molecule has 0 aliphatic carbocycles. The van der Waals surface area contributed by atoms with E-state index in [9.17, 15) is 0 Å². The van der Waals surface area contributed by atoms with Gasteiger partial charge in [0.25, 0.3) is 0 Å². The van der Waals surface area contributed by atoms with Crippen molar-refractivity contribution in [3.63, 3.8) is 0 Å². The second-order valence-corrected chi connectivity index (χ2v) is 5.11. The Morgan fingerprint density at radius 1 is 1.00 bits per heavy atom. The second-order valence-electron chi connectivity index (χ2n) is 5.11. The molecule has 1 aromatic carbocycles. The molecule has 2 rings (SSSR count). The number of benzene rings is 1. The van der Waals surface area contributed by atoms with Crippen molar-refractivity contribution in [2.75, 3.05) is 0 Å². The van der Waals surface area contributed by atoms with Crippen LogP contribution in [0.25, 0.3) is 0 Å². The van der Waals surface area contributed by atoms with E-state index in [1.165, 1.54) is 22.3 Å². The molecule has 1 unspecified atom stereocenters. The zero-order valence-corrected chi connectivity index (χ0v) is 11.8. The lowest BCUT2D eigenvalue weighted by atomic mass is 9.92. The summed E-state index contributed by atoms with van der Waals surface area (Å²) in [7, 11) is 1.93. The van der Waals surface area contributed by atoms with Gasteiger partial charge in [-0.2, -0.15) is 5.10 Å². The first-order valence-corrected chi connectivity index (χ1v) is 6.23. The monoisotopic (exact) mass is 243 g/mol. The highest BCUT2D eigenvalue weighted by molar-refractivity contribution is 5.42. The van der Waals surface area contributed by atoms with Gasteiger partial charge in [0.1, 0.15) is 0 Å². The van der Waals surface area contributed by atoms with Gasteiger partial charge in [-0.15, -0.1) is 0 Å². The summed E-state index contributed by atoms with van der Waals surface area (Å²) in [5.74, 6) is 0. The number of aromatic nitrogens is 2. The third-order valence-electron chi connectivity index (χ3n) is 3.60. The Bertz CT molecular complexity index is 582. The van der Waals surface area contributed by atoms with E-state index in [1.54, 1.807) is 0 Å². The van der Waals surface area contributed by atoms with Crippen LogP contribution in [0.3, 0.4) is 0 Å². The zero-order valence-electron chi connectivity index (χ0n) is 11.8. The van der Waals surface area contributed by atoms with Crippen molar-refractivity contribution in [2.24, 2.45) is 12.8 Å². The lowest BCUT2D eigenvalue weighted by Crippen LogP contribution is -2.14. The van der Waals surface area contributed by atoms with Gasteiger partial charge in [-0.3, -0.25) is 4.68 Å². The van der Waals surface area contributed by atoms with Crippen LogP contribution in [-0.2, 0) is 7.05 Å². The molecule has 3 heteroatoms. The van der Waals surface area contributed by atoms with E-state index in [0.29, 0.717) is 0 Å². The van der Waals surface area contributed by atoms with Crippen molar-refractivity contribution < 1.29 is 0 Å². The molecule has 1 aromatic heterocycles. The summed E-state index contributed by atoms with van der Waals surface area (Å²) in [6.07, 6.45) is 2.01. The standard InChI is InChI=1S/C15H21N3/c1-9-6-11(3)13(7-10(9)2)15(16)14-8-18(5)17-12(14)4/h6-8,15H,16H2,1-5H3. The molecule has 3 nitrogen and oxygen atoms in total. The SMILES string of the molecule is Cc1cc(C)c(C(N)c2cn(C)nc2C)cc1C. The smallest absolute Gasteiger partial charge is 0.0644 e. The number of nitrogens with two attached hydrogens (primary N) is 1. The average Bonchev–Trinajstić information content (AvgIpc) is 2.62. The predicted molar refractivity (Wildman–Crippen MR) is 74.6 cm³/mol. The van der Waals surface area contributed by atoms with Crippen LogP contribution < -0.4 is 5.73 Å². The molecular formula is C15H21N3. The van der Waals surface area contributed by atoms with E-state index in [0.717, 1.165) is 11.3 Å². The van der Waals surface area contributed by atoms with Crippen LogP contribution in [0.2, 0.25) is 0 Å². The number of hydrogen-bond acceptors (Lipinski definition) is 2. The molecule has 0 aliphatic heterocycles. The number of hydrogen-bond donors (Lipinski definition) is 1. The van der Waals surface area contributed by atoms with Gasteiger partial charge in [0.05, 0.1) is 11.7 Å². The molecule has 0 aliphatic rings. The van der Waals surface area contributed by atoms with Crippen molar-refractivity contribution in [3.8, 4) is 0 Å². The average molecular weight is 243 g/mol. The van der Waals surface area contributed by atoms with Gasteiger partial charge in [0.2, 0.25) is 0 Å². The van der Waals surface area contributed by atoms with Gasteiger partial charge in [-0.1, -0.05) is 12.1 Å². The summed E-state index contributed by atoms with van der Waals surface area (Å²) in [5, 5.41) is 4.36. The fourth-order valence-corrected chi connectivity index (χ4v) is 2.41. The Labute approximate surface area is 109 Å². The van der Waals surface area contributed by atoms with Crippen molar-refractivity contribution in [1.82, 2.24) is 9.78 Å². The van der Waals surface area contributed by atoms with E-state index in [2.05, 4.69) is 38.0 Å². The molecule has 18 heavy (non-hydrogen) atoms. The third kappa shape index (κ3) is 2.18. The molecule has 0 fully saturated rings. The highest BCUT2D eigenvalue weighted by Crippen LogP contribution is 2.26. The van der Waals surface area contributed by atoms with Gasteiger partial charge in [0.15, 0.2) is 0 Å². The number of nitrogens with zero attached hydrogens (tertiary/aromatic N) is 2. The van der Waals surface area contributed by atoms with Gasteiger partial charge in [-0.05, 0) is 49.9 Å². The van der Waals surface area contributed by atoms with Crippen molar-refractivity contribution in [3.05, 3.63) is 51.8 Å². The van der Waals surface area contributed by atoms with Crippen molar-refractivity contribution >= 4 is 0 Å². The molecule has 2 N–H and O–H groups in total. The van der Waals surface area contributed by atoms with Gasteiger partial charge in [-0.25, -0.2) is 0 Å². The van der Waals surface area contributed by atoms with Crippen LogP contribution in [0.5, 0.6) is 0 Å². The summed E-state index contributed by atoms with van der Waals surface area (Å²) in [6.45, 7) is 8.38. The number of rotatable bonds is 2. The van der Waals surface area contributed by atoms with Crippen molar-refractivity contribution in [1.29, 1.82) is 0 Å². The topological polar surface area (TPSA) is 43.8 Å². The quantitative estimate of drug-likeness (QED) is 0.881. The van der Waals surface area contributed by atoms with Gasteiger partial charge >= 0.3 is 0 Å². The predicted octanol–water partition coefficient (Wildman–Crippen LogP) is 2.70. The van der Waals surface area contributed by atoms with Gasteiger partial charge < -0.3 is 5.73 Å². The maximum absolute atomic E-state index is 6.40. The van der Waals surface area contributed by atoms with Crippen LogP contribution in [0.15, 0.2) is 18.3 Å². The minimum atomic E-state index is -0.0991. The first-order valence-electron chi connectivity index (χ1n) is 6.23.